The summed E-state index contributed by atoms with van der Waals surface area (Å²) in [6.45, 7) is 5.21. The van der Waals surface area contributed by atoms with E-state index in [0.29, 0.717) is 5.92 Å². The van der Waals surface area contributed by atoms with Gasteiger partial charge in [0.15, 0.2) is 0 Å². The Morgan fingerprint density at radius 3 is 2.67 bits per heavy atom. The van der Waals surface area contributed by atoms with Gasteiger partial charge in [-0.3, -0.25) is 4.79 Å². The van der Waals surface area contributed by atoms with E-state index < -0.39 is 6.04 Å². The average molecular weight is 350 g/mol. The van der Waals surface area contributed by atoms with Crippen molar-refractivity contribution < 1.29 is 4.79 Å². The summed E-state index contributed by atoms with van der Waals surface area (Å²) in [7, 11) is 0. The van der Waals surface area contributed by atoms with Gasteiger partial charge in [-0.15, -0.1) is 12.4 Å². The lowest BCUT2D eigenvalue weighted by Gasteiger charge is -2.26. The number of hydrogen-bond donors (Lipinski definition) is 2. The van der Waals surface area contributed by atoms with Crippen LogP contribution in [0.4, 0.5) is 5.69 Å². The Morgan fingerprint density at radius 2 is 2.00 bits per heavy atom. The smallest absolute Gasteiger partial charge is 0.241 e. The van der Waals surface area contributed by atoms with Crippen LogP contribution in [0.15, 0.2) is 24.3 Å². The van der Waals surface area contributed by atoms with Crippen LogP contribution in [0, 0.1) is 12.8 Å². The Hall–Kier alpha value is -1.52. The standard InChI is InChI=1S/C19H27N3O.ClH/c1-3-22-13(2)11-15-12-16(9-10-17(15)22)21-19(23)18(20)14-7-5-4-6-8-14;/h9-12,14,18H,3-8,20H2,1-2H3,(H,21,23);1H/t18-;/m0./s1. The Labute approximate surface area is 150 Å². The maximum absolute atomic E-state index is 12.4. The SMILES string of the molecule is CCn1c(C)cc2cc(NC(=O)[C@@H](N)C3CCCCC3)ccc21.Cl. The van der Waals surface area contributed by atoms with Crippen molar-refractivity contribution in [1.82, 2.24) is 4.57 Å². The molecule has 1 saturated carbocycles. The number of amides is 1. The summed E-state index contributed by atoms with van der Waals surface area (Å²) in [6.07, 6.45) is 5.82. The van der Waals surface area contributed by atoms with Gasteiger partial charge < -0.3 is 15.6 Å². The number of carbonyl (C=O) groups is 1. The van der Waals surface area contributed by atoms with Crippen LogP contribution in [0.3, 0.4) is 0 Å². The fraction of sp³-hybridized carbons (Fsp3) is 0.526. The van der Waals surface area contributed by atoms with Crippen LogP contribution in [-0.2, 0) is 11.3 Å². The minimum Gasteiger partial charge on any atom is -0.345 e. The highest BCUT2D eigenvalue weighted by Gasteiger charge is 2.26. The van der Waals surface area contributed by atoms with Crippen molar-refractivity contribution in [2.75, 3.05) is 5.32 Å². The zero-order valence-electron chi connectivity index (χ0n) is 14.5. The molecule has 2 aromatic rings. The van der Waals surface area contributed by atoms with Gasteiger partial charge in [-0.05, 0) is 56.9 Å². The van der Waals surface area contributed by atoms with E-state index in [4.69, 9.17) is 5.73 Å². The summed E-state index contributed by atoms with van der Waals surface area (Å²) < 4.78 is 2.27. The van der Waals surface area contributed by atoms with Crippen molar-refractivity contribution in [3.05, 3.63) is 30.0 Å². The van der Waals surface area contributed by atoms with E-state index in [9.17, 15) is 4.79 Å². The lowest BCUT2D eigenvalue weighted by Crippen LogP contribution is -2.42. The molecule has 0 aliphatic heterocycles. The third-order valence-electron chi connectivity index (χ3n) is 5.15. The number of rotatable bonds is 4. The average Bonchev–Trinajstić information content (AvgIpc) is 2.89. The van der Waals surface area contributed by atoms with Crippen molar-refractivity contribution in [3.63, 3.8) is 0 Å². The summed E-state index contributed by atoms with van der Waals surface area (Å²) in [5.41, 5.74) is 9.47. The molecule has 1 amide bonds. The molecule has 1 aromatic heterocycles. The maximum Gasteiger partial charge on any atom is 0.241 e. The van der Waals surface area contributed by atoms with E-state index in [1.165, 1.54) is 30.5 Å². The van der Waals surface area contributed by atoms with Crippen LogP contribution in [0.2, 0.25) is 0 Å². The van der Waals surface area contributed by atoms with E-state index in [-0.39, 0.29) is 18.3 Å². The molecule has 1 atom stereocenters. The fourth-order valence-corrected chi connectivity index (χ4v) is 3.84. The molecule has 5 heteroatoms. The fourth-order valence-electron chi connectivity index (χ4n) is 3.84. The molecular formula is C19H28ClN3O. The van der Waals surface area contributed by atoms with E-state index in [0.717, 1.165) is 30.5 Å². The Morgan fingerprint density at radius 1 is 1.29 bits per heavy atom. The normalized spacial score (nSPS) is 16.6. The van der Waals surface area contributed by atoms with Crippen LogP contribution in [0.25, 0.3) is 10.9 Å². The van der Waals surface area contributed by atoms with Gasteiger partial charge in [0.05, 0.1) is 6.04 Å². The summed E-state index contributed by atoms with van der Waals surface area (Å²) >= 11 is 0. The minimum atomic E-state index is -0.395. The molecular weight excluding hydrogens is 322 g/mol. The number of fused-ring (bicyclic) bond motifs is 1. The monoisotopic (exact) mass is 349 g/mol. The second-order valence-electron chi connectivity index (χ2n) is 6.72. The lowest BCUT2D eigenvalue weighted by molar-refractivity contribution is -0.118. The molecule has 1 aromatic carbocycles. The van der Waals surface area contributed by atoms with Crippen molar-refractivity contribution in [2.45, 2.75) is 58.5 Å². The number of anilines is 1. The van der Waals surface area contributed by atoms with Crippen molar-refractivity contribution >= 4 is 34.9 Å². The largest absolute Gasteiger partial charge is 0.345 e. The Balaban J connectivity index is 0.00000208. The molecule has 1 aliphatic carbocycles. The maximum atomic E-state index is 12.4. The molecule has 0 radical (unpaired) electrons. The molecule has 3 N–H and O–H groups in total. The molecule has 0 bridgehead atoms. The highest BCUT2D eigenvalue weighted by atomic mass is 35.5. The van der Waals surface area contributed by atoms with Crippen LogP contribution in [-0.4, -0.2) is 16.5 Å². The van der Waals surface area contributed by atoms with Crippen LogP contribution >= 0.6 is 12.4 Å². The quantitative estimate of drug-likeness (QED) is 0.867. The highest BCUT2D eigenvalue weighted by Crippen LogP contribution is 2.27. The number of aromatic nitrogens is 1. The van der Waals surface area contributed by atoms with Gasteiger partial charge in [0.1, 0.15) is 0 Å². The first-order chi connectivity index (χ1) is 11.1. The molecule has 24 heavy (non-hydrogen) atoms. The van der Waals surface area contributed by atoms with Gasteiger partial charge in [-0.25, -0.2) is 0 Å². The molecule has 4 nitrogen and oxygen atoms in total. The molecule has 0 unspecified atom stereocenters. The number of hydrogen-bond acceptors (Lipinski definition) is 2. The second-order valence-corrected chi connectivity index (χ2v) is 6.72. The Kier molecular flexibility index (Phi) is 6.30. The number of aryl methyl sites for hydroxylation is 2. The summed E-state index contributed by atoms with van der Waals surface area (Å²) in [4.78, 5) is 12.4. The number of benzene rings is 1. The first kappa shape index (κ1) is 18.8. The zero-order chi connectivity index (χ0) is 16.4. The number of nitrogens with two attached hydrogens (primary N) is 1. The van der Waals surface area contributed by atoms with E-state index in [1.54, 1.807) is 0 Å². The molecule has 0 spiro atoms. The molecule has 1 fully saturated rings. The van der Waals surface area contributed by atoms with Crippen LogP contribution in [0.1, 0.15) is 44.7 Å². The predicted octanol–water partition coefficient (Wildman–Crippen LogP) is 4.24. The van der Waals surface area contributed by atoms with Crippen molar-refractivity contribution in [1.29, 1.82) is 0 Å². The molecule has 132 valence electrons. The van der Waals surface area contributed by atoms with Gasteiger partial charge in [0, 0.05) is 28.8 Å². The first-order valence-corrected chi connectivity index (χ1v) is 8.76. The van der Waals surface area contributed by atoms with Gasteiger partial charge in [0.25, 0.3) is 0 Å². The van der Waals surface area contributed by atoms with E-state index in [1.807, 2.05) is 12.1 Å². The van der Waals surface area contributed by atoms with Gasteiger partial charge >= 0.3 is 0 Å². The summed E-state index contributed by atoms with van der Waals surface area (Å²) in [5, 5.41) is 4.17. The molecule has 0 saturated heterocycles. The Bertz CT molecular complexity index is 704. The number of nitrogens with zero attached hydrogens (tertiary/aromatic N) is 1. The number of carbonyl (C=O) groups excluding carboxylic acids is 1. The van der Waals surface area contributed by atoms with Gasteiger partial charge in [-0.1, -0.05) is 19.3 Å². The first-order valence-electron chi connectivity index (χ1n) is 8.76. The molecule has 1 heterocycles. The lowest BCUT2D eigenvalue weighted by atomic mass is 9.84. The van der Waals surface area contributed by atoms with Gasteiger partial charge in [-0.2, -0.15) is 0 Å². The van der Waals surface area contributed by atoms with Crippen molar-refractivity contribution in [2.24, 2.45) is 11.7 Å². The zero-order valence-corrected chi connectivity index (χ0v) is 15.4. The summed E-state index contributed by atoms with van der Waals surface area (Å²) in [6, 6.07) is 7.86. The van der Waals surface area contributed by atoms with E-state index >= 15 is 0 Å². The molecule has 3 rings (SSSR count). The number of halogens is 1. The third-order valence-corrected chi connectivity index (χ3v) is 5.15. The molecule has 1 aliphatic rings. The van der Waals surface area contributed by atoms with Gasteiger partial charge in [0.2, 0.25) is 5.91 Å². The van der Waals surface area contributed by atoms with Crippen LogP contribution < -0.4 is 11.1 Å². The van der Waals surface area contributed by atoms with E-state index in [2.05, 4.69) is 35.9 Å². The third kappa shape index (κ3) is 3.76. The second kappa shape index (κ2) is 8.04. The highest BCUT2D eigenvalue weighted by molar-refractivity contribution is 5.97. The van der Waals surface area contributed by atoms with Crippen molar-refractivity contribution in [3.8, 4) is 0 Å². The summed E-state index contributed by atoms with van der Waals surface area (Å²) in [5.74, 6) is 0.277. The van der Waals surface area contributed by atoms with Crippen LogP contribution in [0.5, 0.6) is 0 Å². The number of nitrogens with one attached hydrogen (secondary N) is 1. The minimum absolute atomic E-state index is 0. The predicted molar refractivity (Wildman–Crippen MR) is 103 cm³/mol. The topological polar surface area (TPSA) is 60.0 Å².